The van der Waals surface area contributed by atoms with Crippen LogP contribution in [0.1, 0.15) is 51.3 Å². The molecule has 9 heteroatoms. The summed E-state index contributed by atoms with van der Waals surface area (Å²) in [6.07, 6.45) is 1.91. The standard InChI is InChI=1S/C25H25ClN2O6/c1-3-32-24(30)17-8-11-21-19(14-17)22(20(15-28-21)25(31)33-4-2)27-12-5-13-34-23(29)16-6-9-18(26)10-7-16/h6-11,14-15H,3-5,12-13H2,1-2H3,(H,27,28). The normalized spacial score (nSPS) is 10.6. The Bertz CT molecular complexity index is 1170. The van der Waals surface area contributed by atoms with E-state index in [2.05, 4.69) is 10.3 Å². The molecule has 0 unspecified atom stereocenters. The average Bonchev–Trinajstić information content (AvgIpc) is 2.84. The second-order valence-corrected chi connectivity index (χ2v) is 7.58. The monoisotopic (exact) mass is 484 g/mol. The molecule has 0 saturated heterocycles. The number of nitrogens with zero attached hydrogens (tertiary/aromatic N) is 1. The summed E-state index contributed by atoms with van der Waals surface area (Å²) in [4.78, 5) is 41.2. The molecule has 178 valence electrons. The van der Waals surface area contributed by atoms with Crippen LogP contribution in [0.25, 0.3) is 10.9 Å². The molecule has 1 aromatic heterocycles. The van der Waals surface area contributed by atoms with Crippen LogP contribution in [-0.2, 0) is 14.2 Å². The maximum absolute atomic E-state index is 12.5. The first-order valence-electron chi connectivity index (χ1n) is 10.9. The lowest BCUT2D eigenvalue weighted by Crippen LogP contribution is -2.14. The Morgan fingerprint density at radius 1 is 0.882 bits per heavy atom. The second-order valence-electron chi connectivity index (χ2n) is 7.14. The molecule has 0 atom stereocenters. The van der Waals surface area contributed by atoms with Crippen LogP contribution in [0.15, 0.2) is 48.7 Å². The third kappa shape index (κ3) is 6.23. The fourth-order valence-electron chi connectivity index (χ4n) is 3.21. The van der Waals surface area contributed by atoms with Gasteiger partial charge in [-0.3, -0.25) is 4.98 Å². The predicted molar refractivity (Wildman–Crippen MR) is 128 cm³/mol. The number of hydrogen-bond acceptors (Lipinski definition) is 8. The van der Waals surface area contributed by atoms with E-state index in [1.54, 1.807) is 56.3 Å². The number of fused-ring (bicyclic) bond motifs is 1. The molecule has 3 aromatic rings. The van der Waals surface area contributed by atoms with E-state index in [-0.39, 0.29) is 25.4 Å². The molecule has 8 nitrogen and oxygen atoms in total. The molecule has 0 aliphatic heterocycles. The molecule has 1 N–H and O–H groups in total. The lowest BCUT2D eigenvalue weighted by Gasteiger charge is -2.15. The fourth-order valence-corrected chi connectivity index (χ4v) is 3.33. The van der Waals surface area contributed by atoms with Crippen LogP contribution < -0.4 is 5.32 Å². The first kappa shape index (κ1) is 25.0. The van der Waals surface area contributed by atoms with Gasteiger partial charge in [-0.05, 0) is 62.7 Å². The number of esters is 3. The summed E-state index contributed by atoms with van der Waals surface area (Å²) in [5.41, 5.74) is 2.08. The van der Waals surface area contributed by atoms with Crippen molar-refractivity contribution in [1.82, 2.24) is 4.98 Å². The van der Waals surface area contributed by atoms with Gasteiger partial charge in [0.2, 0.25) is 0 Å². The van der Waals surface area contributed by atoms with Gasteiger partial charge in [-0.1, -0.05) is 11.6 Å². The molecule has 2 aromatic carbocycles. The van der Waals surface area contributed by atoms with Crippen molar-refractivity contribution in [2.24, 2.45) is 0 Å². The van der Waals surface area contributed by atoms with Crippen molar-refractivity contribution < 1.29 is 28.6 Å². The molecule has 0 radical (unpaired) electrons. The molecule has 0 amide bonds. The SMILES string of the molecule is CCOC(=O)c1ccc2ncc(C(=O)OCC)c(NCCCOC(=O)c3ccc(Cl)cc3)c2c1. The zero-order chi connectivity index (χ0) is 24.5. The third-order valence-corrected chi connectivity index (χ3v) is 5.06. The molecule has 0 bridgehead atoms. The van der Waals surface area contributed by atoms with Crippen molar-refractivity contribution in [1.29, 1.82) is 0 Å². The minimum absolute atomic E-state index is 0.167. The van der Waals surface area contributed by atoms with Crippen LogP contribution >= 0.6 is 11.6 Å². The van der Waals surface area contributed by atoms with Crippen LogP contribution in [0.2, 0.25) is 5.02 Å². The average molecular weight is 485 g/mol. The topological polar surface area (TPSA) is 104 Å². The molecule has 0 aliphatic carbocycles. The van der Waals surface area contributed by atoms with E-state index in [9.17, 15) is 14.4 Å². The maximum atomic E-state index is 12.5. The number of halogens is 1. The zero-order valence-corrected chi connectivity index (χ0v) is 19.7. The van der Waals surface area contributed by atoms with Crippen LogP contribution in [-0.4, -0.2) is 49.3 Å². The smallest absolute Gasteiger partial charge is 0.341 e. The number of rotatable bonds is 10. The molecule has 0 aliphatic rings. The lowest BCUT2D eigenvalue weighted by molar-refractivity contribution is 0.0500. The lowest BCUT2D eigenvalue weighted by atomic mass is 10.1. The van der Waals surface area contributed by atoms with Gasteiger partial charge in [-0.25, -0.2) is 14.4 Å². The summed E-state index contributed by atoms with van der Waals surface area (Å²) in [5.74, 6) is -1.45. The summed E-state index contributed by atoms with van der Waals surface area (Å²) in [5, 5.41) is 4.33. The largest absolute Gasteiger partial charge is 0.462 e. The first-order valence-corrected chi connectivity index (χ1v) is 11.3. The third-order valence-electron chi connectivity index (χ3n) is 4.81. The first-order chi connectivity index (χ1) is 16.4. The Labute approximate surface area is 202 Å². The van der Waals surface area contributed by atoms with Crippen molar-refractivity contribution >= 4 is 46.1 Å². The Morgan fingerprint density at radius 3 is 2.24 bits per heavy atom. The molecule has 1 heterocycles. The van der Waals surface area contributed by atoms with E-state index < -0.39 is 17.9 Å². The summed E-state index contributed by atoms with van der Waals surface area (Å²) < 4.78 is 15.5. The van der Waals surface area contributed by atoms with E-state index in [1.807, 2.05) is 0 Å². The van der Waals surface area contributed by atoms with Gasteiger partial charge in [0.1, 0.15) is 5.56 Å². The predicted octanol–water partition coefficient (Wildman–Crippen LogP) is 4.90. The van der Waals surface area contributed by atoms with Gasteiger partial charge >= 0.3 is 17.9 Å². The highest BCUT2D eigenvalue weighted by molar-refractivity contribution is 6.30. The molecule has 3 rings (SSSR count). The highest BCUT2D eigenvalue weighted by Crippen LogP contribution is 2.28. The van der Waals surface area contributed by atoms with Crippen molar-refractivity contribution in [2.75, 3.05) is 31.7 Å². The Kier molecular flexibility index (Phi) is 8.81. The molecular formula is C25H25ClN2O6. The van der Waals surface area contributed by atoms with E-state index >= 15 is 0 Å². The van der Waals surface area contributed by atoms with Crippen molar-refractivity contribution in [2.45, 2.75) is 20.3 Å². The molecule has 0 saturated carbocycles. The van der Waals surface area contributed by atoms with E-state index in [0.29, 0.717) is 45.7 Å². The molecular weight excluding hydrogens is 460 g/mol. The Morgan fingerprint density at radius 2 is 1.53 bits per heavy atom. The number of benzene rings is 2. The number of carbonyl (C=O) groups excluding carboxylic acids is 3. The Hall–Kier alpha value is -3.65. The van der Waals surface area contributed by atoms with Gasteiger partial charge in [-0.15, -0.1) is 0 Å². The quantitative estimate of drug-likeness (QED) is 0.246. The molecule has 34 heavy (non-hydrogen) atoms. The number of hydrogen-bond donors (Lipinski definition) is 1. The number of nitrogens with one attached hydrogen (secondary N) is 1. The van der Waals surface area contributed by atoms with Gasteiger partial charge in [0.05, 0.1) is 42.2 Å². The maximum Gasteiger partial charge on any atom is 0.341 e. The van der Waals surface area contributed by atoms with Crippen LogP contribution in [0, 0.1) is 0 Å². The van der Waals surface area contributed by atoms with Crippen molar-refractivity contribution in [3.8, 4) is 0 Å². The van der Waals surface area contributed by atoms with Gasteiger partial charge in [0.15, 0.2) is 0 Å². The number of ether oxygens (including phenoxy) is 3. The fraction of sp³-hybridized carbons (Fsp3) is 0.280. The van der Waals surface area contributed by atoms with Gasteiger partial charge < -0.3 is 19.5 Å². The minimum Gasteiger partial charge on any atom is -0.462 e. The Balaban J connectivity index is 1.75. The second kappa shape index (κ2) is 12.0. The van der Waals surface area contributed by atoms with Crippen molar-refractivity contribution in [3.63, 3.8) is 0 Å². The number of carbonyl (C=O) groups is 3. The minimum atomic E-state index is -0.532. The number of aromatic nitrogens is 1. The van der Waals surface area contributed by atoms with Crippen LogP contribution in [0.5, 0.6) is 0 Å². The van der Waals surface area contributed by atoms with Crippen LogP contribution in [0.3, 0.4) is 0 Å². The molecule has 0 fully saturated rings. The van der Waals surface area contributed by atoms with Gasteiger partial charge in [-0.2, -0.15) is 0 Å². The summed E-state index contributed by atoms with van der Waals surface area (Å²) in [7, 11) is 0. The summed E-state index contributed by atoms with van der Waals surface area (Å²) in [6.45, 7) is 4.46. The highest BCUT2D eigenvalue weighted by atomic mass is 35.5. The van der Waals surface area contributed by atoms with Crippen LogP contribution in [0.4, 0.5) is 5.69 Å². The summed E-state index contributed by atoms with van der Waals surface area (Å²) >= 11 is 5.84. The van der Waals surface area contributed by atoms with E-state index in [4.69, 9.17) is 25.8 Å². The summed E-state index contributed by atoms with van der Waals surface area (Å²) in [6, 6.07) is 11.4. The number of anilines is 1. The molecule has 0 spiro atoms. The van der Waals surface area contributed by atoms with E-state index in [0.717, 1.165) is 0 Å². The number of pyridine rings is 1. The van der Waals surface area contributed by atoms with Gasteiger partial charge in [0.25, 0.3) is 0 Å². The van der Waals surface area contributed by atoms with Crippen molar-refractivity contribution in [3.05, 3.63) is 70.4 Å². The zero-order valence-electron chi connectivity index (χ0n) is 18.9. The highest BCUT2D eigenvalue weighted by Gasteiger charge is 2.18. The van der Waals surface area contributed by atoms with E-state index in [1.165, 1.54) is 6.20 Å². The van der Waals surface area contributed by atoms with Gasteiger partial charge in [0, 0.05) is 23.2 Å².